The van der Waals surface area contributed by atoms with E-state index in [2.05, 4.69) is 33.7 Å². The monoisotopic (exact) mass is 186 g/mol. The summed E-state index contributed by atoms with van der Waals surface area (Å²) >= 11 is 0. The Kier molecular flexibility index (Phi) is 1.59. The second kappa shape index (κ2) is 2.90. The van der Waals surface area contributed by atoms with Gasteiger partial charge in [-0.05, 0) is 34.9 Å². The van der Waals surface area contributed by atoms with Crippen molar-refractivity contribution >= 4 is 0 Å². The molecular formula is C10H10N4. The average molecular weight is 186 g/mol. The van der Waals surface area contributed by atoms with Gasteiger partial charge in [-0.15, -0.1) is 5.10 Å². The third-order valence-corrected chi connectivity index (χ3v) is 2.60. The fraction of sp³-hybridized carbons (Fsp3) is 0.300. The van der Waals surface area contributed by atoms with E-state index in [4.69, 9.17) is 0 Å². The molecule has 0 aliphatic carbocycles. The van der Waals surface area contributed by atoms with Crippen LogP contribution in [-0.2, 0) is 12.8 Å². The Morgan fingerprint density at radius 3 is 3.07 bits per heavy atom. The third kappa shape index (κ3) is 1.04. The van der Waals surface area contributed by atoms with Crippen molar-refractivity contribution in [1.82, 2.24) is 20.2 Å². The summed E-state index contributed by atoms with van der Waals surface area (Å²) in [4.78, 5) is 0. The van der Waals surface area contributed by atoms with Gasteiger partial charge in [0.25, 0.3) is 0 Å². The third-order valence-electron chi connectivity index (χ3n) is 2.60. The zero-order valence-corrected chi connectivity index (χ0v) is 7.72. The maximum absolute atomic E-state index is 4.02. The van der Waals surface area contributed by atoms with Crippen LogP contribution in [0.15, 0.2) is 24.3 Å². The smallest absolute Gasteiger partial charge is 0.156 e. The lowest BCUT2D eigenvalue weighted by atomic mass is 10.1. The quantitative estimate of drug-likeness (QED) is 0.620. The first kappa shape index (κ1) is 7.67. The molecule has 1 aliphatic rings. The number of tetrazole rings is 1. The summed E-state index contributed by atoms with van der Waals surface area (Å²) in [6.07, 6.45) is 3.18. The van der Waals surface area contributed by atoms with Gasteiger partial charge in [0, 0.05) is 6.42 Å². The minimum absolute atomic E-state index is 0.960. The number of para-hydroxylation sites is 1. The second-order valence-electron chi connectivity index (χ2n) is 3.49. The number of aryl methyl sites for hydroxylation is 2. The van der Waals surface area contributed by atoms with Gasteiger partial charge >= 0.3 is 0 Å². The number of fused-ring (bicyclic) bond motifs is 3. The van der Waals surface area contributed by atoms with Crippen molar-refractivity contribution < 1.29 is 0 Å². The maximum Gasteiger partial charge on any atom is 0.156 e. The largest absolute Gasteiger partial charge is 0.197 e. The number of benzene rings is 1. The average Bonchev–Trinajstić information content (AvgIpc) is 2.61. The first-order valence-electron chi connectivity index (χ1n) is 4.81. The highest BCUT2D eigenvalue weighted by molar-refractivity contribution is 5.41. The number of hydrogen-bond donors (Lipinski definition) is 0. The van der Waals surface area contributed by atoms with E-state index in [1.54, 1.807) is 0 Å². The summed E-state index contributed by atoms with van der Waals surface area (Å²) in [5.74, 6) is 0.968. The van der Waals surface area contributed by atoms with E-state index in [1.165, 1.54) is 5.56 Å². The first-order valence-corrected chi connectivity index (χ1v) is 4.81. The van der Waals surface area contributed by atoms with Gasteiger partial charge in [0.05, 0.1) is 5.69 Å². The van der Waals surface area contributed by atoms with Crippen LogP contribution in [-0.4, -0.2) is 20.2 Å². The fourth-order valence-corrected chi connectivity index (χ4v) is 1.91. The van der Waals surface area contributed by atoms with E-state index in [-0.39, 0.29) is 0 Å². The maximum atomic E-state index is 4.02. The molecule has 14 heavy (non-hydrogen) atoms. The molecule has 0 unspecified atom stereocenters. The van der Waals surface area contributed by atoms with Crippen molar-refractivity contribution in [2.75, 3.05) is 0 Å². The molecule has 4 heteroatoms. The van der Waals surface area contributed by atoms with E-state index in [0.717, 1.165) is 30.8 Å². The summed E-state index contributed by atoms with van der Waals surface area (Å²) in [5, 5.41) is 11.7. The SMILES string of the molecule is c1ccc2c(c1)CCCc1nnnn1-2. The molecule has 0 radical (unpaired) electrons. The van der Waals surface area contributed by atoms with Gasteiger partial charge in [-0.1, -0.05) is 18.2 Å². The van der Waals surface area contributed by atoms with Gasteiger partial charge in [-0.25, -0.2) is 0 Å². The summed E-state index contributed by atoms with van der Waals surface area (Å²) < 4.78 is 1.85. The topological polar surface area (TPSA) is 43.6 Å². The molecular weight excluding hydrogens is 176 g/mol. The minimum atomic E-state index is 0.960. The summed E-state index contributed by atoms with van der Waals surface area (Å²) in [6.45, 7) is 0. The fourth-order valence-electron chi connectivity index (χ4n) is 1.91. The van der Waals surface area contributed by atoms with Crippen molar-refractivity contribution in [3.8, 4) is 5.69 Å². The molecule has 2 heterocycles. The Balaban J connectivity index is 2.27. The van der Waals surface area contributed by atoms with Crippen LogP contribution in [0.5, 0.6) is 0 Å². The first-order chi connectivity index (χ1) is 6.95. The van der Waals surface area contributed by atoms with Crippen molar-refractivity contribution in [1.29, 1.82) is 0 Å². The van der Waals surface area contributed by atoms with E-state index in [9.17, 15) is 0 Å². The van der Waals surface area contributed by atoms with Crippen molar-refractivity contribution in [2.45, 2.75) is 19.3 Å². The van der Waals surface area contributed by atoms with Gasteiger partial charge in [0.2, 0.25) is 0 Å². The molecule has 1 aromatic carbocycles. The van der Waals surface area contributed by atoms with E-state index in [1.807, 2.05) is 10.7 Å². The summed E-state index contributed by atoms with van der Waals surface area (Å²) in [6, 6.07) is 8.30. The van der Waals surface area contributed by atoms with Crippen LogP contribution in [0.2, 0.25) is 0 Å². The van der Waals surface area contributed by atoms with Gasteiger partial charge in [-0.3, -0.25) is 0 Å². The predicted molar refractivity (Wildman–Crippen MR) is 51.2 cm³/mol. The van der Waals surface area contributed by atoms with Crippen LogP contribution >= 0.6 is 0 Å². The van der Waals surface area contributed by atoms with Crippen molar-refractivity contribution in [2.24, 2.45) is 0 Å². The lowest BCUT2D eigenvalue weighted by Crippen LogP contribution is -2.01. The van der Waals surface area contributed by atoms with Gasteiger partial charge in [0.1, 0.15) is 0 Å². The molecule has 70 valence electrons. The highest BCUT2D eigenvalue weighted by Gasteiger charge is 2.15. The Labute approximate surface area is 81.6 Å². The van der Waals surface area contributed by atoms with Crippen LogP contribution in [0.4, 0.5) is 0 Å². The van der Waals surface area contributed by atoms with Crippen LogP contribution in [0, 0.1) is 0 Å². The van der Waals surface area contributed by atoms with E-state index >= 15 is 0 Å². The molecule has 1 aliphatic heterocycles. The zero-order chi connectivity index (χ0) is 9.38. The Morgan fingerprint density at radius 2 is 2.07 bits per heavy atom. The molecule has 0 N–H and O–H groups in total. The zero-order valence-electron chi connectivity index (χ0n) is 7.72. The lowest BCUT2D eigenvalue weighted by Gasteiger charge is -2.04. The molecule has 0 amide bonds. The normalized spacial score (nSPS) is 14.3. The van der Waals surface area contributed by atoms with E-state index in [0.29, 0.717) is 0 Å². The minimum Gasteiger partial charge on any atom is -0.197 e. The number of aromatic nitrogens is 4. The molecule has 3 rings (SSSR count). The molecule has 0 saturated heterocycles. The standard InChI is InChI=1S/C10H10N4/c1-2-6-9-8(4-1)5-3-7-10-11-12-13-14(9)10/h1-2,4,6H,3,5,7H2. The lowest BCUT2D eigenvalue weighted by molar-refractivity contribution is 0.758. The predicted octanol–water partition coefficient (Wildman–Crippen LogP) is 1.15. The highest BCUT2D eigenvalue weighted by atomic mass is 15.5. The van der Waals surface area contributed by atoms with Gasteiger partial charge < -0.3 is 0 Å². The van der Waals surface area contributed by atoms with Gasteiger partial charge in [-0.2, -0.15) is 4.68 Å². The van der Waals surface area contributed by atoms with Crippen molar-refractivity contribution in [3.05, 3.63) is 35.7 Å². The van der Waals surface area contributed by atoms with Crippen LogP contribution < -0.4 is 0 Å². The molecule has 0 bridgehead atoms. The van der Waals surface area contributed by atoms with Crippen LogP contribution in [0.3, 0.4) is 0 Å². The Bertz CT molecular complexity index is 461. The summed E-state index contributed by atoms with van der Waals surface area (Å²) in [7, 11) is 0. The molecule has 4 nitrogen and oxygen atoms in total. The van der Waals surface area contributed by atoms with E-state index < -0.39 is 0 Å². The van der Waals surface area contributed by atoms with Crippen molar-refractivity contribution in [3.63, 3.8) is 0 Å². The molecule has 0 spiro atoms. The molecule has 0 atom stereocenters. The molecule has 2 aromatic rings. The van der Waals surface area contributed by atoms with Crippen LogP contribution in [0.1, 0.15) is 17.8 Å². The highest BCUT2D eigenvalue weighted by Crippen LogP contribution is 2.20. The Hall–Kier alpha value is -1.71. The molecule has 0 fully saturated rings. The Morgan fingerprint density at radius 1 is 1.14 bits per heavy atom. The number of hydrogen-bond acceptors (Lipinski definition) is 3. The van der Waals surface area contributed by atoms with Gasteiger partial charge in [0.15, 0.2) is 5.82 Å². The number of nitrogens with zero attached hydrogens (tertiary/aromatic N) is 4. The molecule has 1 aromatic heterocycles. The molecule has 0 saturated carbocycles. The second-order valence-corrected chi connectivity index (χ2v) is 3.49. The van der Waals surface area contributed by atoms with Crippen LogP contribution in [0.25, 0.3) is 5.69 Å². The summed E-state index contributed by atoms with van der Waals surface area (Å²) in [5.41, 5.74) is 2.46. The number of rotatable bonds is 0.